The van der Waals surface area contributed by atoms with E-state index in [4.69, 9.17) is 9.47 Å². The summed E-state index contributed by atoms with van der Waals surface area (Å²) in [5.41, 5.74) is -0.134. The average Bonchev–Trinajstić information content (AvgIpc) is 3.22. The maximum absolute atomic E-state index is 12.6. The number of ketones is 2. The van der Waals surface area contributed by atoms with E-state index in [1.54, 1.807) is 12.2 Å². The second kappa shape index (κ2) is 5.26. The van der Waals surface area contributed by atoms with Gasteiger partial charge < -0.3 is 9.47 Å². The lowest BCUT2D eigenvalue weighted by atomic mass is 9.77. The van der Waals surface area contributed by atoms with Crippen LogP contribution in [0.1, 0.15) is 39.0 Å². The first kappa shape index (κ1) is 14.3. The third kappa shape index (κ3) is 2.18. The third-order valence-corrected chi connectivity index (χ3v) is 4.37. The zero-order valence-corrected chi connectivity index (χ0v) is 12.3. The first-order chi connectivity index (χ1) is 10.1. The van der Waals surface area contributed by atoms with Crippen molar-refractivity contribution in [3.05, 3.63) is 36.1 Å². The van der Waals surface area contributed by atoms with E-state index in [0.29, 0.717) is 17.6 Å². The van der Waals surface area contributed by atoms with Gasteiger partial charge in [0, 0.05) is 12.0 Å². The van der Waals surface area contributed by atoms with E-state index >= 15 is 0 Å². The van der Waals surface area contributed by atoms with Crippen molar-refractivity contribution in [2.24, 2.45) is 0 Å². The van der Waals surface area contributed by atoms with Gasteiger partial charge in [0.2, 0.25) is 0 Å². The first-order valence-electron chi connectivity index (χ1n) is 7.59. The van der Waals surface area contributed by atoms with E-state index in [9.17, 15) is 9.59 Å². The highest BCUT2D eigenvalue weighted by molar-refractivity contribution is 6.25. The van der Waals surface area contributed by atoms with Crippen LogP contribution >= 0.6 is 0 Å². The van der Waals surface area contributed by atoms with Crippen molar-refractivity contribution < 1.29 is 19.1 Å². The number of hydrogen-bond donors (Lipinski definition) is 0. The van der Waals surface area contributed by atoms with Gasteiger partial charge in [-0.05, 0) is 18.9 Å². The molecular weight excluding hydrogens is 268 g/mol. The molecule has 3 rings (SSSR count). The van der Waals surface area contributed by atoms with Crippen LogP contribution in [-0.4, -0.2) is 29.4 Å². The van der Waals surface area contributed by atoms with Gasteiger partial charge in [-0.1, -0.05) is 25.8 Å². The van der Waals surface area contributed by atoms with Crippen LogP contribution in [0.2, 0.25) is 0 Å². The summed E-state index contributed by atoms with van der Waals surface area (Å²) in [5.74, 6) is -0.239. The molecule has 0 bridgehead atoms. The van der Waals surface area contributed by atoms with Crippen LogP contribution < -0.4 is 0 Å². The van der Waals surface area contributed by atoms with E-state index in [0.717, 1.165) is 25.7 Å². The fourth-order valence-corrected chi connectivity index (χ4v) is 3.12. The Balaban J connectivity index is 1.81. The fourth-order valence-electron chi connectivity index (χ4n) is 3.12. The van der Waals surface area contributed by atoms with Crippen LogP contribution in [-0.2, 0) is 19.1 Å². The number of hydrogen-bond acceptors (Lipinski definition) is 4. The molecule has 3 atom stereocenters. The molecule has 3 aliphatic rings. The molecule has 0 N–H and O–H groups in total. The SMILES string of the molecule is C=CC[C@]12O[C@H]1C(=O)C1=COC(CCCCC)C=C1C2=O. The fraction of sp³-hybridized carbons (Fsp3) is 0.529. The Bertz CT molecular complexity index is 557. The average molecular weight is 288 g/mol. The minimum absolute atomic E-state index is 0.0953. The van der Waals surface area contributed by atoms with E-state index < -0.39 is 11.7 Å². The molecule has 1 unspecified atom stereocenters. The summed E-state index contributed by atoms with van der Waals surface area (Å²) in [7, 11) is 0. The molecule has 1 saturated heterocycles. The minimum atomic E-state index is -0.979. The summed E-state index contributed by atoms with van der Waals surface area (Å²) >= 11 is 0. The summed E-state index contributed by atoms with van der Waals surface area (Å²) < 4.78 is 11.0. The van der Waals surface area contributed by atoms with Gasteiger partial charge in [-0.15, -0.1) is 6.58 Å². The monoisotopic (exact) mass is 288 g/mol. The highest BCUT2D eigenvalue weighted by atomic mass is 16.6. The van der Waals surface area contributed by atoms with Crippen LogP contribution in [0.3, 0.4) is 0 Å². The second-order valence-corrected chi connectivity index (χ2v) is 5.86. The lowest BCUT2D eigenvalue weighted by Crippen LogP contribution is -2.40. The van der Waals surface area contributed by atoms with Crippen molar-refractivity contribution in [3.8, 4) is 0 Å². The molecule has 112 valence electrons. The van der Waals surface area contributed by atoms with Crippen molar-refractivity contribution in [2.75, 3.05) is 0 Å². The standard InChI is InChI=1S/C17H20O4/c1-3-5-6-7-11-9-12-13(10-20-11)14(18)16-17(21-16,8-4-2)15(12)19/h4,9-11,16H,2-3,5-8H2,1H3/t11?,16-,17+/m0/s1. The number of ether oxygens (including phenoxy) is 2. The molecular formula is C17H20O4. The number of carbonyl (C=O) groups is 2. The summed E-state index contributed by atoms with van der Waals surface area (Å²) in [5, 5.41) is 0. The van der Waals surface area contributed by atoms with Gasteiger partial charge >= 0.3 is 0 Å². The van der Waals surface area contributed by atoms with Crippen LogP contribution in [0.5, 0.6) is 0 Å². The second-order valence-electron chi connectivity index (χ2n) is 5.86. The van der Waals surface area contributed by atoms with Crippen LogP contribution in [0.4, 0.5) is 0 Å². The Hall–Kier alpha value is -1.68. The number of fused-ring (bicyclic) bond motifs is 2. The Morgan fingerprint density at radius 1 is 1.33 bits per heavy atom. The number of epoxide rings is 1. The van der Waals surface area contributed by atoms with Crippen molar-refractivity contribution >= 4 is 11.6 Å². The lowest BCUT2D eigenvalue weighted by Gasteiger charge is -2.25. The first-order valence-corrected chi connectivity index (χ1v) is 7.59. The van der Waals surface area contributed by atoms with Gasteiger partial charge in [-0.2, -0.15) is 0 Å². The summed E-state index contributed by atoms with van der Waals surface area (Å²) in [6, 6.07) is 0. The number of Topliss-reactive ketones (excluding diaryl/α,β-unsaturated/α-hetero) is 2. The maximum Gasteiger partial charge on any atom is 0.198 e. The highest BCUT2D eigenvalue weighted by Crippen LogP contribution is 2.50. The van der Waals surface area contributed by atoms with Gasteiger partial charge in [0.05, 0.1) is 11.8 Å². The minimum Gasteiger partial charge on any atom is -0.493 e. The van der Waals surface area contributed by atoms with Gasteiger partial charge in [0.1, 0.15) is 6.10 Å². The Morgan fingerprint density at radius 3 is 2.86 bits per heavy atom. The van der Waals surface area contributed by atoms with Gasteiger partial charge in [-0.3, -0.25) is 9.59 Å². The summed E-state index contributed by atoms with van der Waals surface area (Å²) in [6.45, 7) is 5.80. The predicted octanol–water partition coefficient (Wildman–Crippen LogP) is 2.64. The van der Waals surface area contributed by atoms with Gasteiger partial charge in [0.25, 0.3) is 0 Å². The molecule has 2 aliphatic heterocycles. The molecule has 1 aliphatic carbocycles. The zero-order chi connectivity index (χ0) is 15.0. The Kier molecular flexibility index (Phi) is 3.57. The topological polar surface area (TPSA) is 55.9 Å². The zero-order valence-electron chi connectivity index (χ0n) is 12.3. The summed E-state index contributed by atoms with van der Waals surface area (Å²) in [6.07, 6.45) is 8.69. The van der Waals surface area contributed by atoms with Crippen molar-refractivity contribution in [1.82, 2.24) is 0 Å². The van der Waals surface area contributed by atoms with Crippen LogP contribution in [0, 0.1) is 0 Å². The van der Waals surface area contributed by atoms with Crippen LogP contribution in [0.15, 0.2) is 36.1 Å². The number of unbranched alkanes of at least 4 members (excludes halogenated alkanes) is 2. The third-order valence-electron chi connectivity index (χ3n) is 4.37. The molecule has 0 amide bonds. The van der Waals surface area contributed by atoms with Gasteiger partial charge in [-0.25, -0.2) is 0 Å². The molecule has 2 fully saturated rings. The van der Waals surface area contributed by atoms with E-state index in [1.807, 2.05) is 0 Å². The summed E-state index contributed by atoms with van der Waals surface area (Å²) in [4.78, 5) is 24.9. The quantitative estimate of drug-likeness (QED) is 0.428. The Labute approximate surface area is 124 Å². The van der Waals surface area contributed by atoms with E-state index in [-0.39, 0.29) is 17.7 Å². The smallest absolute Gasteiger partial charge is 0.198 e. The number of carbonyl (C=O) groups excluding carboxylic acids is 2. The Morgan fingerprint density at radius 2 is 2.14 bits per heavy atom. The largest absolute Gasteiger partial charge is 0.493 e. The van der Waals surface area contributed by atoms with E-state index in [1.165, 1.54) is 6.26 Å². The van der Waals surface area contributed by atoms with Crippen molar-refractivity contribution in [1.29, 1.82) is 0 Å². The van der Waals surface area contributed by atoms with Gasteiger partial charge in [0.15, 0.2) is 23.3 Å². The van der Waals surface area contributed by atoms with E-state index in [2.05, 4.69) is 13.5 Å². The molecule has 0 radical (unpaired) electrons. The molecule has 0 aromatic rings. The van der Waals surface area contributed by atoms with Crippen molar-refractivity contribution in [2.45, 2.75) is 56.8 Å². The number of rotatable bonds is 6. The molecule has 1 saturated carbocycles. The molecule has 21 heavy (non-hydrogen) atoms. The molecule has 0 aromatic carbocycles. The highest BCUT2D eigenvalue weighted by Gasteiger charge is 2.69. The molecule has 0 spiro atoms. The lowest BCUT2D eigenvalue weighted by molar-refractivity contribution is -0.123. The normalized spacial score (nSPS) is 33.4. The van der Waals surface area contributed by atoms with Crippen LogP contribution in [0.25, 0.3) is 0 Å². The molecule has 0 aromatic heterocycles. The molecule has 4 heteroatoms. The predicted molar refractivity (Wildman–Crippen MR) is 77.6 cm³/mol. The molecule has 2 heterocycles. The maximum atomic E-state index is 12.6. The van der Waals surface area contributed by atoms with Crippen molar-refractivity contribution in [3.63, 3.8) is 0 Å². The molecule has 4 nitrogen and oxygen atoms in total.